The van der Waals surface area contributed by atoms with E-state index in [0.29, 0.717) is 17.2 Å². The van der Waals surface area contributed by atoms with Crippen molar-refractivity contribution in [1.29, 1.82) is 0 Å². The average molecular weight is 394 g/mol. The highest BCUT2D eigenvalue weighted by molar-refractivity contribution is 8.19. The Morgan fingerprint density at radius 3 is 2.82 bits per heavy atom. The minimum Gasteiger partial charge on any atom is -0.454 e. The van der Waals surface area contributed by atoms with Crippen molar-refractivity contribution in [2.24, 2.45) is 4.99 Å². The molecule has 0 bridgehead atoms. The Kier molecular flexibility index (Phi) is 5.13. The Morgan fingerprint density at radius 1 is 1.18 bits per heavy atom. The molecule has 5 nitrogen and oxygen atoms in total. The van der Waals surface area contributed by atoms with E-state index < -0.39 is 0 Å². The molecule has 6 heteroatoms. The number of carbonyl (C=O) groups excluding carboxylic acids is 1. The van der Waals surface area contributed by atoms with Crippen molar-refractivity contribution < 1.29 is 14.3 Å². The fourth-order valence-electron chi connectivity index (χ4n) is 3.13. The van der Waals surface area contributed by atoms with Crippen LogP contribution in [0.15, 0.2) is 46.3 Å². The number of hydrogen-bond donors (Lipinski definition) is 0. The van der Waals surface area contributed by atoms with Crippen molar-refractivity contribution >= 4 is 34.6 Å². The Labute approximate surface area is 169 Å². The number of rotatable bonds is 4. The van der Waals surface area contributed by atoms with Crippen LogP contribution in [-0.4, -0.2) is 24.4 Å². The Morgan fingerprint density at radius 2 is 2.00 bits per heavy atom. The van der Waals surface area contributed by atoms with Crippen molar-refractivity contribution in [3.63, 3.8) is 0 Å². The molecule has 4 rings (SSSR count). The average Bonchev–Trinajstić information content (AvgIpc) is 3.27. The van der Waals surface area contributed by atoms with Crippen LogP contribution in [0.5, 0.6) is 11.5 Å². The molecule has 0 atom stereocenters. The van der Waals surface area contributed by atoms with Gasteiger partial charge in [0.05, 0.1) is 10.6 Å². The summed E-state index contributed by atoms with van der Waals surface area (Å²) in [6.45, 7) is 7.10. The molecule has 0 saturated carbocycles. The van der Waals surface area contributed by atoms with Crippen LogP contribution in [0.25, 0.3) is 6.08 Å². The largest absolute Gasteiger partial charge is 0.454 e. The van der Waals surface area contributed by atoms with Crippen LogP contribution in [-0.2, 0) is 4.79 Å². The monoisotopic (exact) mass is 394 g/mol. The summed E-state index contributed by atoms with van der Waals surface area (Å²) in [7, 11) is 0. The van der Waals surface area contributed by atoms with Gasteiger partial charge in [-0.3, -0.25) is 14.7 Å². The fourth-order valence-corrected chi connectivity index (χ4v) is 4.13. The molecule has 1 fully saturated rings. The third-order valence-corrected chi connectivity index (χ3v) is 5.80. The first-order chi connectivity index (χ1) is 13.6. The number of carbonyl (C=O) groups is 1. The molecule has 0 spiro atoms. The highest BCUT2D eigenvalue weighted by atomic mass is 32.2. The molecule has 28 heavy (non-hydrogen) atoms. The lowest BCUT2D eigenvalue weighted by Crippen LogP contribution is -2.29. The number of anilines is 1. The predicted molar refractivity (Wildman–Crippen MR) is 114 cm³/mol. The van der Waals surface area contributed by atoms with Gasteiger partial charge in [-0.15, -0.1) is 0 Å². The molecule has 1 amide bonds. The van der Waals surface area contributed by atoms with Crippen LogP contribution in [0.2, 0.25) is 0 Å². The summed E-state index contributed by atoms with van der Waals surface area (Å²) in [5.74, 6) is 1.39. The summed E-state index contributed by atoms with van der Waals surface area (Å²) >= 11 is 1.42. The van der Waals surface area contributed by atoms with Crippen LogP contribution >= 0.6 is 11.8 Å². The summed E-state index contributed by atoms with van der Waals surface area (Å²) in [6, 6.07) is 11.7. The topological polar surface area (TPSA) is 51.1 Å². The second-order valence-corrected chi connectivity index (χ2v) is 7.76. The molecule has 144 valence electrons. The summed E-state index contributed by atoms with van der Waals surface area (Å²) in [6.07, 6.45) is 2.82. The molecule has 2 aliphatic heterocycles. The highest BCUT2D eigenvalue weighted by Crippen LogP contribution is 2.39. The van der Waals surface area contributed by atoms with Gasteiger partial charge in [0, 0.05) is 6.54 Å². The molecule has 0 N–H and O–H groups in total. The number of hydrogen-bond acceptors (Lipinski definition) is 5. The number of fused-ring (bicyclic) bond motifs is 1. The van der Waals surface area contributed by atoms with Gasteiger partial charge in [-0.05, 0) is 73.0 Å². The van der Waals surface area contributed by atoms with Crippen molar-refractivity contribution in [3.8, 4) is 11.5 Å². The number of ether oxygens (including phenoxy) is 2. The Bertz CT molecular complexity index is 997. The molecule has 0 unspecified atom stereocenters. The van der Waals surface area contributed by atoms with E-state index in [1.165, 1.54) is 11.8 Å². The summed E-state index contributed by atoms with van der Waals surface area (Å²) < 4.78 is 10.8. The lowest BCUT2D eigenvalue weighted by atomic mass is 10.1. The number of thioether (sulfide) groups is 1. The molecular weight excluding hydrogens is 372 g/mol. The second kappa shape index (κ2) is 7.72. The van der Waals surface area contributed by atoms with E-state index in [9.17, 15) is 4.79 Å². The maximum Gasteiger partial charge on any atom is 0.271 e. The zero-order valence-electron chi connectivity index (χ0n) is 16.2. The van der Waals surface area contributed by atoms with Gasteiger partial charge in [0.25, 0.3) is 5.91 Å². The van der Waals surface area contributed by atoms with Gasteiger partial charge in [0.15, 0.2) is 16.7 Å². The normalized spacial score (nSPS) is 18.5. The van der Waals surface area contributed by atoms with Gasteiger partial charge in [0.2, 0.25) is 6.79 Å². The molecule has 2 aromatic carbocycles. The number of benzene rings is 2. The molecule has 0 aromatic heterocycles. The number of amidine groups is 1. The summed E-state index contributed by atoms with van der Waals surface area (Å²) in [5, 5.41) is 0.729. The standard InChI is InChI=1S/C22H22N2O3S/c1-4-10-23-22-24(17-7-5-6-14(2)15(17)3)21(25)20(28-22)12-16-8-9-18-19(11-16)27-13-26-18/h5-9,11-12H,4,10,13H2,1-3H3/b20-12-,23-22-. The van der Waals surface area contributed by atoms with E-state index in [2.05, 4.69) is 24.9 Å². The van der Waals surface area contributed by atoms with Gasteiger partial charge in [-0.2, -0.15) is 0 Å². The quantitative estimate of drug-likeness (QED) is 0.691. The van der Waals surface area contributed by atoms with Crippen molar-refractivity contribution in [3.05, 3.63) is 58.0 Å². The number of nitrogens with zero attached hydrogens (tertiary/aromatic N) is 2. The maximum absolute atomic E-state index is 13.3. The minimum atomic E-state index is -0.0498. The predicted octanol–water partition coefficient (Wildman–Crippen LogP) is 4.92. The summed E-state index contributed by atoms with van der Waals surface area (Å²) in [4.78, 5) is 20.3. The van der Waals surface area contributed by atoms with E-state index in [0.717, 1.165) is 39.7 Å². The SMILES string of the molecule is CCC/N=C1\S/C(=C\c2ccc3c(c2)OCO3)C(=O)N1c1cccc(C)c1C. The van der Waals surface area contributed by atoms with Gasteiger partial charge < -0.3 is 9.47 Å². The molecule has 0 radical (unpaired) electrons. The van der Waals surface area contributed by atoms with Crippen LogP contribution in [0.4, 0.5) is 5.69 Å². The smallest absolute Gasteiger partial charge is 0.271 e. The molecule has 1 saturated heterocycles. The fraction of sp³-hybridized carbons (Fsp3) is 0.273. The second-order valence-electron chi connectivity index (χ2n) is 6.75. The highest BCUT2D eigenvalue weighted by Gasteiger charge is 2.35. The molecular formula is C22H22N2O3S. The zero-order valence-corrected chi connectivity index (χ0v) is 17.0. The van der Waals surface area contributed by atoms with Crippen molar-refractivity contribution in [2.45, 2.75) is 27.2 Å². The van der Waals surface area contributed by atoms with Crippen LogP contribution in [0.3, 0.4) is 0 Å². The van der Waals surface area contributed by atoms with Crippen molar-refractivity contribution in [2.75, 3.05) is 18.2 Å². The summed E-state index contributed by atoms with van der Waals surface area (Å²) in [5.41, 5.74) is 4.03. The lowest BCUT2D eigenvalue weighted by Gasteiger charge is -2.19. The molecule has 2 aliphatic rings. The van der Waals surface area contributed by atoms with Gasteiger partial charge in [-0.25, -0.2) is 0 Å². The first-order valence-electron chi connectivity index (χ1n) is 9.33. The molecule has 2 heterocycles. The first-order valence-corrected chi connectivity index (χ1v) is 10.1. The third kappa shape index (κ3) is 3.40. The zero-order chi connectivity index (χ0) is 19.7. The Hall–Kier alpha value is -2.73. The first kappa shape index (κ1) is 18.6. The number of amides is 1. The van der Waals surface area contributed by atoms with Crippen LogP contribution < -0.4 is 14.4 Å². The van der Waals surface area contributed by atoms with Crippen molar-refractivity contribution in [1.82, 2.24) is 0 Å². The van der Waals surface area contributed by atoms with E-state index in [1.807, 2.05) is 43.3 Å². The van der Waals surface area contributed by atoms with E-state index in [4.69, 9.17) is 9.47 Å². The van der Waals surface area contributed by atoms with Gasteiger partial charge in [-0.1, -0.05) is 25.1 Å². The maximum atomic E-state index is 13.3. The third-order valence-electron chi connectivity index (χ3n) is 4.79. The van der Waals surface area contributed by atoms with E-state index in [-0.39, 0.29) is 12.7 Å². The van der Waals surface area contributed by atoms with E-state index >= 15 is 0 Å². The Balaban J connectivity index is 1.73. The molecule has 2 aromatic rings. The van der Waals surface area contributed by atoms with Gasteiger partial charge in [0.1, 0.15) is 0 Å². The number of aryl methyl sites for hydroxylation is 1. The lowest BCUT2D eigenvalue weighted by molar-refractivity contribution is -0.113. The van der Waals surface area contributed by atoms with Crippen LogP contribution in [0.1, 0.15) is 30.0 Å². The minimum absolute atomic E-state index is 0.0498. The van der Waals surface area contributed by atoms with Crippen LogP contribution in [0, 0.1) is 13.8 Å². The number of aliphatic imine (C=N–C) groups is 1. The molecule has 0 aliphatic carbocycles. The van der Waals surface area contributed by atoms with Gasteiger partial charge >= 0.3 is 0 Å². The van der Waals surface area contributed by atoms with E-state index in [1.54, 1.807) is 4.90 Å².